The summed E-state index contributed by atoms with van der Waals surface area (Å²) in [7, 11) is 0. The minimum Gasteiger partial charge on any atom is -0.376 e. The Morgan fingerprint density at radius 3 is 2.95 bits per heavy atom. The summed E-state index contributed by atoms with van der Waals surface area (Å²) in [4.78, 5) is 0. The molecule has 3 heterocycles. The Labute approximate surface area is 126 Å². The van der Waals surface area contributed by atoms with E-state index < -0.39 is 0 Å². The van der Waals surface area contributed by atoms with Gasteiger partial charge in [-0.25, -0.2) is 4.68 Å². The lowest BCUT2D eigenvalue weighted by atomic mass is 9.86. The van der Waals surface area contributed by atoms with Crippen molar-refractivity contribution in [3.8, 4) is 0 Å². The number of anilines is 1. The molecule has 1 N–H and O–H groups in total. The molecule has 4 nitrogen and oxygen atoms in total. The first-order chi connectivity index (χ1) is 10.4. The molecule has 3 fully saturated rings. The summed E-state index contributed by atoms with van der Waals surface area (Å²) in [5, 5.41) is 8.60. The van der Waals surface area contributed by atoms with Gasteiger partial charge in [0.05, 0.1) is 17.8 Å². The van der Waals surface area contributed by atoms with Gasteiger partial charge in [0.2, 0.25) is 0 Å². The van der Waals surface area contributed by atoms with Crippen molar-refractivity contribution in [3.63, 3.8) is 0 Å². The van der Waals surface area contributed by atoms with Gasteiger partial charge in [-0.15, -0.1) is 0 Å². The van der Waals surface area contributed by atoms with E-state index >= 15 is 0 Å². The molecule has 0 amide bonds. The number of rotatable bonds is 2. The Morgan fingerprint density at radius 1 is 1.19 bits per heavy atom. The third-order valence-corrected chi connectivity index (χ3v) is 6.33. The largest absolute Gasteiger partial charge is 0.376 e. The summed E-state index contributed by atoms with van der Waals surface area (Å²) in [6.07, 6.45) is 9.68. The van der Waals surface area contributed by atoms with Crippen molar-refractivity contribution in [1.29, 1.82) is 0 Å². The zero-order valence-corrected chi connectivity index (χ0v) is 12.6. The fourth-order valence-electron chi connectivity index (χ4n) is 5.31. The summed E-state index contributed by atoms with van der Waals surface area (Å²) in [5.41, 5.74) is 1.36. The molecule has 2 aliphatic heterocycles. The normalized spacial score (nSPS) is 41.2. The van der Waals surface area contributed by atoms with E-state index in [9.17, 15) is 0 Å². The average Bonchev–Trinajstić information content (AvgIpc) is 3.26. The van der Waals surface area contributed by atoms with Crippen LogP contribution in [0.1, 0.15) is 62.6 Å². The van der Waals surface area contributed by atoms with Crippen LogP contribution in [-0.2, 0) is 4.74 Å². The molecule has 2 aliphatic carbocycles. The number of nitrogens with one attached hydrogen (secondary N) is 1. The first-order valence-corrected chi connectivity index (χ1v) is 8.83. The third-order valence-electron chi connectivity index (χ3n) is 6.33. The maximum atomic E-state index is 5.94. The van der Waals surface area contributed by atoms with Crippen LogP contribution in [0.3, 0.4) is 0 Å². The van der Waals surface area contributed by atoms with Crippen molar-refractivity contribution in [2.45, 2.75) is 63.0 Å². The Hall–Kier alpha value is -1.03. The zero-order chi connectivity index (χ0) is 13.8. The Morgan fingerprint density at radius 2 is 2.19 bits per heavy atom. The minimum absolute atomic E-state index is 0.388. The second kappa shape index (κ2) is 4.73. The molecule has 114 valence electrons. The number of fused-ring (bicyclic) bond motifs is 3. The van der Waals surface area contributed by atoms with E-state index in [0.29, 0.717) is 12.1 Å². The summed E-state index contributed by atoms with van der Waals surface area (Å²) in [6, 6.07) is 2.79. The van der Waals surface area contributed by atoms with Crippen LogP contribution in [0.25, 0.3) is 0 Å². The predicted molar refractivity (Wildman–Crippen MR) is 81.5 cm³/mol. The molecule has 1 aromatic heterocycles. The maximum absolute atomic E-state index is 5.94. The van der Waals surface area contributed by atoms with Crippen molar-refractivity contribution in [3.05, 3.63) is 11.8 Å². The highest BCUT2D eigenvalue weighted by Gasteiger charge is 2.42. The minimum atomic E-state index is 0.388. The highest BCUT2D eigenvalue weighted by Crippen LogP contribution is 2.53. The monoisotopic (exact) mass is 287 g/mol. The Kier molecular flexibility index (Phi) is 2.82. The highest BCUT2D eigenvalue weighted by molar-refractivity contribution is 5.41. The molecule has 5 rings (SSSR count). The van der Waals surface area contributed by atoms with Crippen LogP contribution in [0, 0.1) is 11.8 Å². The van der Waals surface area contributed by atoms with Gasteiger partial charge in [-0.2, -0.15) is 5.10 Å². The van der Waals surface area contributed by atoms with Crippen molar-refractivity contribution < 1.29 is 4.74 Å². The molecular weight excluding hydrogens is 262 g/mol. The first kappa shape index (κ1) is 12.5. The van der Waals surface area contributed by atoms with Gasteiger partial charge < -0.3 is 10.1 Å². The van der Waals surface area contributed by atoms with Gasteiger partial charge in [0.15, 0.2) is 0 Å². The second-order valence-corrected chi connectivity index (χ2v) is 7.51. The molecule has 2 bridgehead atoms. The van der Waals surface area contributed by atoms with Crippen LogP contribution in [0.15, 0.2) is 6.07 Å². The predicted octanol–water partition coefficient (Wildman–Crippen LogP) is 3.32. The van der Waals surface area contributed by atoms with Gasteiger partial charge in [0, 0.05) is 25.1 Å². The highest BCUT2D eigenvalue weighted by atomic mass is 16.5. The van der Waals surface area contributed by atoms with E-state index in [1.165, 1.54) is 50.0 Å². The maximum Gasteiger partial charge on any atom is 0.124 e. The van der Waals surface area contributed by atoms with Gasteiger partial charge in [-0.1, -0.05) is 6.42 Å². The molecule has 21 heavy (non-hydrogen) atoms. The van der Waals surface area contributed by atoms with Crippen LogP contribution in [0.5, 0.6) is 0 Å². The van der Waals surface area contributed by atoms with Gasteiger partial charge in [0.25, 0.3) is 0 Å². The molecule has 1 saturated heterocycles. The smallest absolute Gasteiger partial charge is 0.124 e. The van der Waals surface area contributed by atoms with Gasteiger partial charge in [-0.05, 0) is 50.4 Å². The van der Waals surface area contributed by atoms with Crippen molar-refractivity contribution in [1.82, 2.24) is 9.78 Å². The molecule has 5 atom stereocenters. The number of ether oxygens (including phenoxy) is 1. The molecule has 0 spiro atoms. The molecule has 4 aliphatic rings. The fourth-order valence-corrected chi connectivity index (χ4v) is 5.31. The lowest BCUT2D eigenvalue weighted by Crippen LogP contribution is -2.31. The van der Waals surface area contributed by atoms with Crippen LogP contribution in [0.4, 0.5) is 5.82 Å². The molecule has 1 aromatic rings. The van der Waals surface area contributed by atoms with Crippen molar-refractivity contribution in [2.75, 3.05) is 18.5 Å². The fraction of sp³-hybridized carbons (Fsp3) is 0.824. The number of hydrogen-bond donors (Lipinski definition) is 1. The van der Waals surface area contributed by atoms with Gasteiger partial charge in [0.1, 0.15) is 5.82 Å². The van der Waals surface area contributed by atoms with E-state index in [1.54, 1.807) is 0 Å². The number of aromatic nitrogens is 2. The summed E-state index contributed by atoms with van der Waals surface area (Å²) >= 11 is 0. The van der Waals surface area contributed by atoms with E-state index in [4.69, 9.17) is 9.84 Å². The summed E-state index contributed by atoms with van der Waals surface area (Å²) in [5.74, 6) is 3.86. The van der Waals surface area contributed by atoms with E-state index in [1.807, 2.05) is 0 Å². The quantitative estimate of drug-likeness (QED) is 0.907. The second-order valence-electron chi connectivity index (χ2n) is 7.51. The summed E-state index contributed by atoms with van der Waals surface area (Å²) < 4.78 is 8.21. The number of hydrogen-bond acceptors (Lipinski definition) is 3. The molecular formula is C17H25N3O. The standard InChI is InChI=1S/C17H25N3O/c1-2-16(21-7-1)15-5-6-18-17-10-14(19-20(15)17)13-9-11-3-4-12(13)8-11/h10-13,15-16,18H,1-9H2. The van der Waals surface area contributed by atoms with Gasteiger partial charge >= 0.3 is 0 Å². The molecule has 5 unspecified atom stereocenters. The topological polar surface area (TPSA) is 39.1 Å². The van der Waals surface area contributed by atoms with Crippen LogP contribution in [0.2, 0.25) is 0 Å². The SMILES string of the molecule is c1c(C2CC3CCC2C3)nn2c1NCCC2C1CCCO1. The van der Waals surface area contributed by atoms with Crippen molar-refractivity contribution in [2.24, 2.45) is 11.8 Å². The zero-order valence-electron chi connectivity index (χ0n) is 12.6. The summed E-state index contributed by atoms with van der Waals surface area (Å²) in [6.45, 7) is 2.00. The van der Waals surface area contributed by atoms with Crippen LogP contribution < -0.4 is 5.32 Å². The Bertz CT molecular complexity index is 534. The molecule has 2 saturated carbocycles. The first-order valence-electron chi connectivity index (χ1n) is 8.83. The van der Waals surface area contributed by atoms with E-state index in [0.717, 1.165) is 37.3 Å². The van der Waals surface area contributed by atoms with Crippen LogP contribution >= 0.6 is 0 Å². The Balaban J connectivity index is 1.45. The van der Waals surface area contributed by atoms with Crippen LogP contribution in [-0.4, -0.2) is 29.0 Å². The average molecular weight is 287 g/mol. The number of nitrogens with zero attached hydrogens (tertiary/aromatic N) is 2. The van der Waals surface area contributed by atoms with Crippen molar-refractivity contribution >= 4 is 5.82 Å². The molecule has 0 aromatic carbocycles. The third kappa shape index (κ3) is 1.95. The lowest BCUT2D eigenvalue weighted by Gasteiger charge is -2.29. The van der Waals surface area contributed by atoms with Gasteiger partial charge in [-0.3, -0.25) is 0 Å². The van der Waals surface area contributed by atoms with E-state index in [2.05, 4.69) is 16.1 Å². The molecule has 4 heteroatoms. The lowest BCUT2D eigenvalue weighted by molar-refractivity contribution is 0.0589. The van der Waals surface area contributed by atoms with E-state index in [-0.39, 0.29) is 0 Å². The molecule has 0 radical (unpaired) electrons.